The van der Waals surface area contributed by atoms with Crippen molar-refractivity contribution in [2.24, 2.45) is 0 Å². The van der Waals surface area contributed by atoms with Gasteiger partial charge in [0.2, 0.25) is 12.3 Å². The van der Waals surface area contributed by atoms with Crippen LogP contribution in [-0.2, 0) is 6.54 Å². The molecule has 0 radical (unpaired) electrons. The SMILES string of the molecule is Fc1c(F)c(F)c([B-](c2c(F)c(F)c(F)c(F)c2F)(c2c(F)c(F)c(F)c(F)c2F)c2c(F)c(F)c(F)c(F)c2F)c(F)c1F.O=C(C[n+]1ccnc(C2CCCCC2)c1)c1ccccc1. The molecule has 3 nitrogen and oxygen atoms in total. The number of benzene rings is 5. The van der Waals surface area contributed by atoms with E-state index < -0.39 is 144 Å². The summed E-state index contributed by atoms with van der Waals surface area (Å²) < 4.78 is 296. The minimum atomic E-state index is -7.22. The minimum Gasteiger partial charge on any atom is -0.287 e. The minimum absolute atomic E-state index is 0.140. The van der Waals surface area contributed by atoms with Crippen molar-refractivity contribution in [3.8, 4) is 0 Å². The van der Waals surface area contributed by atoms with E-state index in [-0.39, 0.29) is 5.78 Å². The summed E-state index contributed by atoms with van der Waals surface area (Å²) in [5.41, 5.74) is -12.4. The predicted octanol–water partition coefficient (Wildman–Crippen LogP) is 9.15. The molecular weight excluding hydrogens is 939 g/mol. The molecule has 0 atom stereocenters. The zero-order valence-corrected chi connectivity index (χ0v) is 32.4. The third-order valence-electron chi connectivity index (χ3n) is 10.9. The summed E-state index contributed by atoms with van der Waals surface area (Å²) in [6, 6.07) is 9.46. The second kappa shape index (κ2) is 18.8. The standard InChI is InChI=1S/C24BF20.C18H21N2O/c26-5-1(6(27)14(35)21(42)13(5)34)25(2-7(28)15(36)22(43)16(37)8(2)29,3-9(30)17(38)23(44)18(39)10(3)31)4-11(32)19(40)24(45)20(41)12(4)33;21-18(16-9-5-2-6-10-16)14-20-12-11-19-17(13-20)15-7-3-1-4-8-15/h;2,5-6,9-13,15H,1,3-4,7-8,14H2/q-1;+1. The number of Topliss-reactive ketones (excluding diaryl/α,β-unsaturated/α-hetero) is 1. The van der Waals surface area contributed by atoms with Gasteiger partial charge in [0.05, 0.1) is 6.20 Å². The molecule has 1 aromatic heterocycles. The van der Waals surface area contributed by atoms with Crippen molar-refractivity contribution < 1.29 is 97.2 Å². The van der Waals surface area contributed by atoms with Crippen LogP contribution in [0.2, 0.25) is 0 Å². The van der Waals surface area contributed by atoms with Crippen LogP contribution < -0.4 is 26.4 Å². The van der Waals surface area contributed by atoms with Gasteiger partial charge in [0.1, 0.15) is 58.4 Å². The molecule has 0 N–H and O–H groups in total. The van der Waals surface area contributed by atoms with E-state index in [1.807, 2.05) is 47.3 Å². The van der Waals surface area contributed by atoms with Gasteiger partial charge >= 0.3 is 0 Å². The van der Waals surface area contributed by atoms with E-state index in [0.29, 0.717) is 12.5 Å². The Kier molecular flexibility index (Phi) is 13.9. The zero-order valence-electron chi connectivity index (χ0n) is 32.4. The lowest BCUT2D eigenvalue weighted by molar-refractivity contribution is -0.684. The fourth-order valence-electron chi connectivity index (χ4n) is 7.91. The number of hydrogen-bond donors (Lipinski definition) is 0. The van der Waals surface area contributed by atoms with Crippen LogP contribution in [-0.4, -0.2) is 16.9 Å². The molecule has 0 spiro atoms. The quantitative estimate of drug-likeness (QED) is 0.0381. The second-order valence-corrected chi connectivity index (χ2v) is 14.6. The normalized spacial score (nSPS) is 13.2. The van der Waals surface area contributed by atoms with Gasteiger partial charge in [-0.15, -0.1) is 21.9 Å². The molecule has 5 aromatic carbocycles. The van der Waals surface area contributed by atoms with Crippen molar-refractivity contribution in [2.75, 3.05) is 0 Å². The van der Waals surface area contributed by atoms with E-state index in [0.717, 1.165) is 11.3 Å². The molecule has 6 aromatic rings. The molecule has 0 aliphatic heterocycles. The van der Waals surface area contributed by atoms with Gasteiger partial charge in [0, 0.05) is 11.5 Å². The molecule has 1 fully saturated rings. The molecule has 348 valence electrons. The number of halogens is 20. The van der Waals surface area contributed by atoms with E-state index in [1.165, 1.54) is 32.1 Å². The molecule has 1 aliphatic rings. The highest BCUT2D eigenvalue weighted by atomic mass is 19.2. The Hall–Kier alpha value is -6.49. The fourth-order valence-corrected chi connectivity index (χ4v) is 7.91. The number of rotatable bonds is 8. The molecule has 0 amide bonds. The lowest BCUT2D eigenvalue weighted by atomic mass is 9.12. The van der Waals surface area contributed by atoms with Gasteiger partial charge in [-0.3, -0.25) is 4.79 Å². The second-order valence-electron chi connectivity index (χ2n) is 14.6. The average molecular weight is 960 g/mol. The first-order chi connectivity index (χ1) is 31.0. The molecule has 0 bridgehead atoms. The van der Waals surface area contributed by atoms with E-state index in [4.69, 9.17) is 0 Å². The summed E-state index contributed by atoms with van der Waals surface area (Å²) in [6.07, 6.45) is 4.93. The van der Waals surface area contributed by atoms with Crippen LogP contribution in [0, 0.1) is 116 Å². The van der Waals surface area contributed by atoms with Gasteiger partial charge in [0.25, 0.3) is 0 Å². The smallest absolute Gasteiger partial charge is 0.227 e. The first-order valence-corrected chi connectivity index (χ1v) is 18.7. The van der Waals surface area contributed by atoms with E-state index in [1.54, 1.807) is 0 Å². The Morgan fingerprint density at radius 2 is 0.758 bits per heavy atom. The summed E-state index contributed by atoms with van der Waals surface area (Å²) in [5, 5.41) is 0. The highest BCUT2D eigenvalue weighted by Gasteiger charge is 2.52. The average Bonchev–Trinajstić information content (AvgIpc) is 3.32. The summed E-state index contributed by atoms with van der Waals surface area (Å²) in [5.74, 6) is -70.7. The van der Waals surface area contributed by atoms with Crippen molar-refractivity contribution >= 4 is 33.8 Å². The Bertz CT molecular complexity index is 2530. The van der Waals surface area contributed by atoms with Gasteiger partial charge in [-0.25, -0.2) is 92.8 Å². The number of carbonyl (C=O) groups excluding carboxylic acids is 1. The third-order valence-corrected chi connectivity index (χ3v) is 10.9. The molecule has 1 heterocycles. The molecule has 24 heteroatoms. The van der Waals surface area contributed by atoms with Crippen LogP contribution in [0.15, 0.2) is 48.9 Å². The maximum absolute atomic E-state index is 15.4. The van der Waals surface area contributed by atoms with Crippen LogP contribution in [0.25, 0.3) is 0 Å². The van der Waals surface area contributed by atoms with Crippen molar-refractivity contribution in [2.45, 2.75) is 44.6 Å². The highest BCUT2D eigenvalue weighted by Crippen LogP contribution is 2.32. The fraction of sp³-hybridized carbons (Fsp3) is 0.167. The van der Waals surface area contributed by atoms with Crippen LogP contribution in [0.1, 0.15) is 54.1 Å². The largest absolute Gasteiger partial charge is 0.287 e. The zero-order chi connectivity index (χ0) is 48.8. The van der Waals surface area contributed by atoms with Gasteiger partial charge in [0.15, 0.2) is 82.2 Å². The van der Waals surface area contributed by atoms with E-state index in [2.05, 4.69) is 11.2 Å². The van der Waals surface area contributed by atoms with Gasteiger partial charge in [-0.1, -0.05) is 49.6 Å². The Balaban J connectivity index is 0.000000284. The molecule has 1 saturated carbocycles. The summed E-state index contributed by atoms with van der Waals surface area (Å²) >= 11 is 0. The Labute approximate surface area is 356 Å². The molecular formula is C42H21BF20N2O. The predicted molar refractivity (Wildman–Crippen MR) is 190 cm³/mol. The summed E-state index contributed by atoms with van der Waals surface area (Å²) in [4.78, 5) is 16.8. The molecule has 66 heavy (non-hydrogen) atoms. The van der Waals surface area contributed by atoms with Crippen LogP contribution in [0.4, 0.5) is 87.8 Å². The summed E-state index contributed by atoms with van der Waals surface area (Å²) in [7, 11) is 0. The lowest BCUT2D eigenvalue weighted by Gasteiger charge is -2.44. The monoisotopic (exact) mass is 960 g/mol. The maximum atomic E-state index is 15.4. The van der Waals surface area contributed by atoms with Crippen molar-refractivity contribution in [3.63, 3.8) is 0 Å². The number of hydrogen-bond acceptors (Lipinski definition) is 2. The number of aromatic nitrogens is 2. The van der Waals surface area contributed by atoms with Crippen molar-refractivity contribution in [1.29, 1.82) is 0 Å². The maximum Gasteiger partial charge on any atom is 0.227 e. The van der Waals surface area contributed by atoms with E-state index in [9.17, 15) is 57.5 Å². The van der Waals surface area contributed by atoms with Crippen LogP contribution in [0.5, 0.6) is 0 Å². The van der Waals surface area contributed by atoms with E-state index >= 15 is 35.1 Å². The molecule has 0 unspecified atom stereocenters. The first-order valence-electron chi connectivity index (χ1n) is 18.7. The summed E-state index contributed by atoms with van der Waals surface area (Å²) in [6.45, 7) is 0.381. The Morgan fingerprint density at radius 1 is 0.455 bits per heavy atom. The van der Waals surface area contributed by atoms with Crippen LogP contribution in [0.3, 0.4) is 0 Å². The van der Waals surface area contributed by atoms with Gasteiger partial charge in [-0.2, -0.15) is 4.57 Å². The topological polar surface area (TPSA) is 33.8 Å². The van der Waals surface area contributed by atoms with Crippen LogP contribution >= 0.6 is 0 Å². The highest BCUT2D eigenvalue weighted by molar-refractivity contribution is 7.20. The van der Waals surface area contributed by atoms with Crippen molar-refractivity contribution in [3.05, 3.63) is 177 Å². The first kappa shape index (κ1) is 49.0. The number of ketones is 1. The molecule has 7 rings (SSSR count). The molecule has 1 aliphatic carbocycles. The molecule has 0 saturated heterocycles. The van der Waals surface area contributed by atoms with Gasteiger partial charge < -0.3 is 0 Å². The third kappa shape index (κ3) is 8.00. The lowest BCUT2D eigenvalue weighted by Crippen LogP contribution is -2.81. The number of nitrogens with zero attached hydrogens (tertiary/aromatic N) is 2. The van der Waals surface area contributed by atoms with Crippen molar-refractivity contribution in [1.82, 2.24) is 4.98 Å². The Morgan fingerprint density at radius 3 is 1.08 bits per heavy atom. The van der Waals surface area contributed by atoms with Gasteiger partial charge in [-0.05, 0) is 12.8 Å². The number of carbonyl (C=O) groups is 1.